The molecule has 4 aromatic heterocycles. The van der Waals surface area contributed by atoms with Gasteiger partial charge in [-0.15, -0.1) is 22.7 Å². The van der Waals surface area contributed by atoms with E-state index in [4.69, 9.17) is 19.9 Å². The Bertz CT molecular complexity index is 3040. The monoisotopic (exact) mass is 833 g/mol. The van der Waals surface area contributed by atoms with Crippen molar-refractivity contribution in [3.05, 3.63) is 179 Å². The Hall–Kier alpha value is -6.54. The third-order valence-electron chi connectivity index (χ3n) is 10.7. The predicted octanol–water partition coefficient (Wildman–Crippen LogP) is 15.9. The lowest BCUT2D eigenvalue weighted by atomic mass is 9.97. The van der Waals surface area contributed by atoms with Crippen molar-refractivity contribution in [1.29, 1.82) is 0 Å². The first-order valence-electron chi connectivity index (χ1n) is 20.5. The minimum Gasteiger partial charge on any atom is -0.313 e. The number of fused-ring (bicyclic) bond motifs is 2. The minimum atomic E-state index is 0.611. The van der Waals surface area contributed by atoms with Crippen LogP contribution in [0.25, 0.3) is 89.0 Å². The molecule has 0 N–H and O–H groups in total. The highest BCUT2D eigenvalue weighted by atomic mass is 32.1. The molecule has 0 saturated carbocycles. The third kappa shape index (κ3) is 8.45. The van der Waals surface area contributed by atoms with Crippen LogP contribution in [-0.2, 0) is 0 Å². The fourth-order valence-electron chi connectivity index (χ4n) is 7.68. The Kier molecular flexibility index (Phi) is 13.1. The normalized spacial score (nSPS) is 13.2. The fourth-order valence-corrected chi connectivity index (χ4v) is 9.97. The molecular formula is C54H51N5S2. The first kappa shape index (κ1) is 42.6. The van der Waals surface area contributed by atoms with E-state index in [1.165, 1.54) is 31.7 Å². The zero-order chi connectivity index (χ0) is 43.2. The topological polar surface area (TPSA) is 56.5 Å². The molecule has 0 unspecified atom stereocenters. The number of hydrogen-bond acceptors (Lipinski definition) is 6. The van der Waals surface area contributed by atoms with E-state index in [-0.39, 0.29) is 0 Å². The summed E-state index contributed by atoms with van der Waals surface area (Å²) in [5, 5.41) is 2.18. The van der Waals surface area contributed by atoms with E-state index < -0.39 is 0 Å². The zero-order valence-corrected chi connectivity index (χ0v) is 37.9. The summed E-state index contributed by atoms with van der Waals surface area (Å²) in [6.45, 7) is 25.1. The van der Waals surface area contributed by atoms with E-state index in [2.05, 4.69) is 136 Å². The number of rotatable bonds is 13. The maximum absolute atomic E-state index is 5.20. The Morgan fingerprint density at radius 1 is 0.705 bits per heavy atom. The number of benzene rings is 3. The molecule has 0 atom stereocenters. The molecule has 0 aliphatic heterocycles. The van der Waals surface area contributed by atoms with Gasteiger partial charge in [0.05, 0.1) is 15.9 Å². The number of nitrogens with zero attached hydrogens (tertiary/aromatic N) is 5. The van der Waals surface area contributed by atoms with E-state index >= 15 is 0 Å². The highest BCUT2D eigenvalue weighted by molar-refractivity contribution is 7.21. The van der Waals surface area contributed by atoms with Crippen molar-refractivity contribution in [3.8, 4) is 27.6 Å². The first-order chi connectivity index (χ1) is 29.7. The van der Waals surface area contributed by atoms with Gasteiger partial charge in [0.25, 0.3) is 0 Å². The van der Waals surface area contributed by atoms with Crippen molar-refractivity contribution < 1.29 is 0 Å². The Morgan fingerprint density at radius 2 is 1.49 bits per heavy atom. The van der Waals surface area contributed by atoms with Crippen LogP contribution in [-0.4, -0.2) is 24.5 Å². The molecule has 0 amide bonds. The van der Waals surface area contributed by atoms with E-state index in [9.17, 15) is 0 Å². The van der Waals surface area contributed by atoms with Crippen molar-refractivity contribution in [3.63, 3.8) is 0 Å². The number of aromatic nitrogens is 5. The lowest BCUT2D eigenvalue weighted by Gasteiger charge is -2.12. The second-order valence-electron chi connectivity index (χ2n) is 14.6. The highest BCUT2D eigenvalue weighted by Gasteiger charge is 2.21. The van der Waals surface area contributed by atoms with Gasteiger partial charge in [0.2, 0.25) is 0 Å². The summed E-state index contributed by atoms with van der Waals surface area (Å²) >= 11 is 3.50. The van der Waals surface area contributed by atoms with Crippen molar-refractivity contribution in [2.75, 3.05) is 0 Å². The lowest BCUT2D eigenvalue weighted by Crippen LogP contribution is -2.04. The average Bonchev–Trinajstić information content (AvgIpc) is 3.96. The van der Waals surface area contributed by atoms with E-state index in [1.807, 2.05) is 87.6 Å². The van der Waals surface area contributed by atoms with Crippen LogP contribution in [0.1, 0.15) is 93.1 Å². The molecule has 4 heterocycles. The van der Waals surface area contributed by atoms with Crippen LogP contribution >= 0.6 is 22.7 Å². The van der Waals surface area contributed by atoms with Gasteiger partial charge in [-0.25, -0.2) is 19.9 Å². The van der Waals surface area contributed by atoms with Crippen LogP contribution in [0.5, 0.6) is 0 Å². The van der Waals surface area contributed by atoms with Crippen LogP contribution < -0.4 is 0 Å². The molecule has 0 radical (unpaired) electrons. The average molecular weight is 834 g/mol. The Balaban J connectivity index is 1.29. The SMILES string of the molecule is C=Cc1c(/C=C(C)/C(=C/C)c2sc3ccccc3c2C=C)c(C)n(-c2cccc(-c3nc4cc(-c5nc(/C(C)=C/C=C\C)nc(C(/C=C\C)=C/C)n5)ccc4s3)c2)c1/C=C\C. The van der Waals surface area contributed by atoms with Gasteiger partial charge in [0.15, 0.2) is 17.5 Å². The largest absolute Gasteiger partial charge is 0.313 e. The fraction of sp³-hybridized carbons (Fsp3) is 0.148. The minimum absolute atomic E-state index is 0.611. The summed E-state index contributed by atoms with van der Waals surface area (Å²) in [7, 11) is 0. The summed E-state index contributed by atoms with van der Waals surface area (Å²) in [5.41, 5.74) is 13.8. The molecule has 61 heavy (non-hydrogen) atoms. The number of thiazole rings is 1. The highest BCUT2D eigenvalue weighted by Crippen LogP contribution is 2.41. The molecule has 7 heteroatoms. The number of allylic oxidation sites excluding steroid dienone is 12. The van der Waals surface area contributed by atoms with Crippen molar-refractivity contribution >= 4 is 84.0 Å². The molecule has 0 aliphatic carbocycles. The molecule has 0 aliphatic rings. The zero-order valence-electron chi connectivity index (χ0n) is 36.2. The van der Waals surface area contributed by atoms with Crippen molar-refractivity contribution in [2.45, 2.75) is 55.4 Å². The summed E-state index contributed by atoms with van der Waals surface area (Å²) in [6.07, 6.45) is 24.8. The van der Waals surface area contributed by atoms with Gasteiger partial charge in [0.1, 0.15) is 5.01 Å². The molecule has 0 bridgehead atoms. The van der Waals surface area contributed by atoms with Gasteiger partial charge < -0.3 is 4.57 Å². The standard InChI is InChI=1S/C54H51N5S2/c1-11-18-24-34(8)51-56-52(37(14-4)22-12-2)58-53(57-51)38-29-30-49-46(33-38)55-54(61-49)39-25-21-26-40(32-39)59-36(10)45(42(16-6)47(59)23-13-3)31-35(9)41(15-5)50-43(17-7)44-27-19-20-28-48(44)60-50/h11-33H,6-7H2,1-5,8-10H3/b18-11-,22-12-,23-13-,34-24+,35-31+,37-14+,41-15-. The molecule has 0 fully saturated rings. The quantitative estimate of drug-likeness (QED) is 0.109. The van der Waals surface area contributed by atoms with Crippen molar-refractivity contribution in [2.24, 2.45) is 0 Å². The number of thiophene rings is 1. The Morgan fingerprint density at radius 3 is 2.21 bits per heavy atom. The summed E-state index contributed by atoms with van der Waals surface area (Å²) < 4.78 is 4.69. The van der Waals surface area contributed by atoms with Gasteiger partial charge in [-0.05, 0) is 121 Å². The van der Waals surface area contributed by atoms with Crippen LogP contribution in [0.2, 0.25) is 0 Å². The molecule has 304 valence electrons. The molecule has 7 aromatic rings. The van der Waals surface area contributed by atoms with E-state index in [1.54, 1.807) is 11.3 Å². The molecule has 0 spiro atoms. The first-order valence-corrected chi connectivity index (χ1v) is 22.2. The van der Waals surface area contributed by atoms with Crippen LogP contribution in [0.15, 0.2) is 134 Å². The smallest absolute Gasteiger partial charge is 0.164 e. The van der Waals surface area contributed by atoms with E-state index in [0.717, 1.165) is 65.7 Å². The van der Waals surface area contributed by atoms with E-state index in [0.29, 0.717) is 17.5 Å². The predicted molar refractivity (Wildman–Crippen MR) is 269 cm³/mol. The summed E-state index contributed by atoms with van der Waals surface area (Å²) in [4.78, 5) is 21.2. The maximum atomic E-state index is 5.20. The van der Waals surface area contributed by atoms with Gasteiger partial charge in [0, 0.05) is 59.7 Å². The van der Waals surface area contributed by atoms with Crippen LogP contribution in [0, 0.1) is 6.92 Å². The third-order valence-corrected chi connectivity index (χ3v) is 13.0. The van der Waals surface area contributed by atoms with Gasteiger partial charge in [-0.1, -0.05) is 104 Å². The van der Waals surface area contributed by atoms with Crippen LogP contribution in [0.4, 0.5) is 0 Å². The van der Waals surface area contributed by atoms with Gasteiger partial charge >= 0.3 is 0 Å². The molecular weight excluding hydrogens is 783 g/mol. The summed E-state index contributed by atoms with van der Waals surface area (Å²) in [6, 6.07) is 23.5. The lowest BCUT2D eigenvalue weighted by molar-refractivity contribution is 0.998. The maximum Gasteiger partial charge on any atom is 0.164 e. The summed E-state index contributed by atoms with van der Waals surface area (Å²) in [5.74, 6) is 1.89. The second-order valence-corrected chi connectivity index (χ2v) is 16.7. The molecule has 7 rings (SSSR count). The number of hydrogen-bond donors (Lipinski definition) is 0. The molecule has 0 saturated heterocycles. The van der Waals surface area contributed by atoms with Gasteiger partial charge in [-0.2, -0.15) is 0 Å². The Labute approximate surface area is 368 Å². The van der Waals surface area contributed by atoms with Crippen molar-refractivity contribution in [1.82, 2.24) is 24.5 Å². The second kappa shape index (κ2) is 18.8. The molecule has 3 aromatic carbocycles. The van der Waals surface area contributed by atoms with Gasteiger partial charge in [-0.3, -0.25) is 0 Å². The van der Waals surface area contributed by atoms with Crippen LogP contribution in [0.3, 0.4) is 0 Å². The molecule has 5 nitrogen and oxygen atoms in total.